The Morgan fingerprint density at radius 2 is 1.75 bits per heavy atom. The zero-order chi connectivity index (χ0) is 23.0. The maximum Gasteiger partial charge on any atom is 0.209 e. The molecule has 0 aliphatic carbocycles. The number of aryl methyl sites for hydroxylation is 1. The number of nitrogens with two attached hydrogens (primary N) is 1. The number of rotatable bonds is 5. The highest BCUT2D eigenvalue weighted by molar-refractivity contribution is 7.89. The minimum atomic E-state index is -3.65. The van der Waals surface area contributed by atoms with Crippen LogP contribution < -0.4 is 10.6 Å². The van der Waals surface area contributed by atoms with E-state index in [2.05, 4.69) is 9.97 Å². The summed E-state index contributed by atoms with van der Waals surface area (Å²) in [5.74, 6) is -1.02. The number of hydrogen-bond donors (Lipinski definition) is 3. The molecule has 0 saturated heterocycles. The quantitative estimate of drug-likeness (QED) is 0.399. The predicted molar refractivity (Wildman–Crippen MR) is 119 cm³/mol. The van der Waals surface area contributed by atoms with Gasteiger partial charge in [0.1, 0.15) is 28.2 Å². The topological polar surface area (TPSA) is 157 Å². The first kappa shape index (κ1) is 21.8. The van der Waals surface area contributed by atoms with Crippen molar-refractivity contribution in [3.63, 3.8) is 0 Å². The van der Waals surface area contributed by atoms with Crippen molar-refractivity contribution in [2.24, 2.45) is 5.14 Å². The lowest BCUT2D eigenvalue weighted by Gasteiger charge is -2.11. The number of halogens is 1. The van der Waals surface area contributed by atoms with Gasteiger partial charge < -0.3 is 14.6 Å². The van der Waals surface area contributed by atoms with Gasteiger partial charge in [0, 0.05) is 30.1 Å². The van der Waals surface area contributed by atoms with Crippen LogP contribution >= 0.6 is 11.6 Å². The summed E-state index contributed by atoms with van der Waals surface area (Å²) in [7, 11) is -3.65. The molecule has 2 aromatic carbocycles. The smallest absolute Gasteiger partial charge is 0.209 e. The molecule has 0 bridgehead atoms. The van der Waals surface area contributed by atoms with Crippen LogP contribution in [0.2, 0.25) is 5.02 Å². The zero-order valence-corrected chi connectivity index (χ0v) is 17.9. The Hall–Kier alpha value is -3.47. The van der Waals surface area contributed by atoms with E-state index in [-0.39, 0.29) is 40.3 Å². The van der Waals surface area contributed by atoms with Crippen LogP contribution in [0.1, 0.15) is 5.56 Å². The van der Waals surface area contributed by atoms with Crippen molar-refractivity contribution in [3.05, 3.63) is 69.6 Å². The second kappa shape index (κ2) is 8.23. The van der Waals surface area contributed by atoms with E-state index >= 15 is 0 Å². The Labute approximate surface area is 186 Å². The molecule has 4 rings (SSSR count). The third-order valence-electron chi connectivity index (χ3n) is 4.70. The molecule has 0 aliphatic heterocycles. The molecule has 9 nitrogen and oxygen atoms in total. The van der Waals surface area contributed by atoms with Crippen LogP contribution in [0.15, 0.2) is 58.0 Å². The molecular formula is C21H16ClN3O6S. The molecular weight excluding hydrogens is 458 g/mol. The monoisotopic (exact) mass is 473 g/mol. The van der Waals surface area contributed by atoms with Crippen LogP contribution in [-0.2, 0) is 16.4 Å². The van der Waals surface area contributed by atoms with Gasteiger partial charge in [0.05, 0.1) is 10.8 Å². The summed E-state index contributed by atoms with van der Waals surface area (Å²) in [5.41, 5.74) is 0.262. The van der Waals surface area contributed by atoms with Crippen molar-refractivity contribution in [2.75, 3.05) is 5.75 Å². The Kier molecular flexibility index (Phi) is 5.59. The molecule has 4 N–H and O–H groups in total. The summed E-state index contributed by atoms with van der Waals surface area (Å²) in [5, 5.41) is 26.0. The molecule has 2 aromatic heterocycles. The van der Waals surface area contributed by atoms with Gasteiger partial charge in [-0.15, -0.1) is 0 Å². The first-order valence-corrected chi connectivity index (χ1v) is 11.3. The normalized spacial score (nSPS) is 11.7. The summed E-state index contributed by atoms with van der Waals surface area (Å²) >= 11 is 6.22. The Morgan fingerprint density at radius 3 is 2.41 bits per heavy atom. The Bertz CT molecular complexity index is 1500. The van der Waals surface area contributed by atoms with Gasteiger partial charge in [-0.2, -0.15) is 0 Å². The van der Waals surface area contributed by atoms with E-state index in [0.717, 1.165) is 6.07 Å². The van der Waals surface area contributed by atoms with Gasteiger partial charge in [-0.1, -0.05) is 23.7 Å². The summed E-state index contributed by atoms with van der Waals surface area (Å²) < 4.78 is 28.2. The average molecular weight is 474 g/mol. The van der Waals surface area contributed by atoms with Crippen LogP contribution in [0.5, 0.6) is 11.5 Å². The van der Waals surface area contributed by atoms with Crippen molar-refractivity contribution < 1.29 is 23.0 Å². The molecule has 0 spiro atoms. The molecule has 0 aliphatic rings. The number of hydrogen-bond acceptors (Lipinski definition) is 8. The fraction of sp³-hybridized carbons (Fsp3) is 0.0952. The van der Waals surface area contributed by atoms with Gasteiger partial charge in [0.25, 0.3) is 0 Å². The van der Waals surface area contributed by atoms with Crippen LogP contribution in [0, 0.1) is 0 Å². The lowest BCUT2D eigenvalue weighted by atomic mass is 10.1. The van der Waals surface area contributed by atoms with Gasteiger partial charge in [0.15, 0.2) is 16.8 Å². The first-order chi connectivity index (χ1) is 15.1. The summed E-state index contributed by atoms with van der Waals surface area (Å²) in [6.07, 6.45) is 2.86. The zero-order valence-electron chi connectivity index (χ0n) is 16.3. The van der Waals surface area contributed by atoms with Crippen molar-refractivity contribution in [2.45, 2.75) is 6.42 Å². The number of phenols is 2. The van der Waals surface area contributed by atoms with E-state index in [4.69, 9.17) is 21.2 Å². The van der Waals surface area contributed by atoms with Gasteiger partial charge in [0.2, 0.25) is 10.0 Å². The van der Waals surface area contributed by atoms with Gasteiger partial charge in [-0.25, -0.2) is 23.5 Å². The molecule has 0 radical (unpaired) electrons. The van der Waals surface area contributed by atoms with Crippen LogP contribution in [0.4, 0.5) is 0 Å². The maximum absolute atomic E-state index is 12.8. The fourth-order valence-electron chi connectivity index (χ4n) is 3.19. The molecule has 11 heteroatoms. The van der Waals surface area contributed by atoms with Crippen molar-refractivity contribution in [3.8, 4) is 34.2 Å². The Morgan fingerprint density at radius 1 is 1.06 bits per heavy atom. The minimum Gasteiger partial charge on any atom is -0.507 e. The van der Waals surface area contributed by atoms with E-state index in [9.17, 15) is 23.4 Å². The van der Waals surface area contributed by atoms with Gasteiger partial charge in [-0.05, 0) is 24.1 Å². The van der Waals surface area contributed by atoms with E-state index in [1.165, 1.54) is 18.5 Å². The molecule has 4 aromatic rings. The lowest BCUT2D eigenvalue weighted by Crippen LogP contribution is -2.18. The standard InChI is InChI=1S/C21H16ClN3O6S/c22-13-4-2-1-3-12(13)17-8-16(28)18-14(26)7-15(27)19(20(18)31-17)21-24-9-11(10-25-21)5-6-32(23,29)30/h1-4,7-10,26-27H,5-6H2,(H2,23,29,30). The van der Waals surface area contributed by atoms with Crippen molar-refractivity contribution in [1.82, 2.24) is 9.97 Å². The number of nitrogens with zero attached hydrogens (tertiary/aromatic N) is 2. The number of aromatic hydroxyl groups is 2. The molecule has 0 saturated carbocycles. The number of phenolic OH excluding ortho intramolecular Hbond substituents is 2. The van der Waals surface area contributed by atoms with Crippen LogP contribution in [0.3, 0.4) is 0 Å². The largest absolute Gasteiger partial charge is 0.507 e. The van der Waals surface area contributed by atoms with E-state index in [0.29, 0.717) is 16.1 Å². The maximum atomic E-state index is 12.8. The minimum absolute atomic E-state index is 0.00585. The number of primary sulfonamides is 1. The first-order valence-electron chi connectivity index (χ1n) is 9.23. The second-order valence-electron chi connectivity index (χ2n) is 6.98. The summed E-state index contributed by atoms with van der Waals surface area (Å²) in [4.78, 5) is 21.1. The summed E-state index contributed by atoms with van der Waals surface area (Å²) in [6.45, 7) is 0. The number of aromatic nitrogens is 2. The molecule has 0 unspecified atom stereocenters. The molecule has 0 atom stereocenters. The highest BCUT2D eigenvalue weighted by Crippen LogP contribution is 2.40. The van der Waals surface area contributed by atoms with E-state index < -0.39 is 27.0 Å². The molecule has 32 heavy (non-hydrogen) atoms. The molecule has 0 amide bonds. The average Bonchev–Trinajstić information content (AvgIpc) is 2.72. The highest BCUT2D eigenvalue weighted by Gasteiger charge is 2.22. The third kappa shape index (κ3) is 4.28. The number of benzene rings is 2. The second-order valence-corrected chi connectivity index (χ2v) is 9.12. The van der Waals surface area contributed by atoms with Gasteiger partial charge >= 0.3 is 0 Å². The number of sulfonamides is 1. The molecule has 164 valence electrons. The van der Waals surface area contributed by atoms with E-state index in [1.807, 2.05) is 0 Å². The van der Waals surface area contributed by atoms with Gasteiger partial charge in [-0.3, -0.25) is 4.79 Å². The highest BCUT2D eigenvalue weighted by atomic mass is 35.5. The lowest BCUT2D eigenvalue weighted by molar-refractivity contribution is 0.453. The molecule has 0 fully saturated rings. The SMILES string of the molecule is NS(=O)(=O)CCc1cnc(-c2c(O)cc(O)c3c(=O)cc(-c4ccccc4Cl)oc23)nc1. The van der Waals surface area contributed by atoms with Crippen molar-refractivity contribution in [1.29, 1.82) is 0 Å². The predicted octanol–water partition coefficient (Wildman–Crippen LogP) is 2.81. The summed E-state index contributed by atoms with van der Waals surface area (Å²) in [6, 6.07) is 8.93. The molecule has 2 heterocycles. The van der Waals surface area contributed by atoms with Crippen molar-refractivity contribution >= 4 is 32.6 Å². The van der Waals surface area contributed by atoms with Crippen LogP contribution in [0.25, 0.3) is 33.7 Å². The fourth-order valence-corrected chi connectivity index (χ4v) is 3.93. The van der Waals surface area contributed by atoms with E-state index in [1.54, 1.807) is 24.3 Å². The van der Waals surface area contributed by atoms with Crippen LogP contribution in [-0.4, -0.2) is 34.4 Å². The third-order valence-corrected chi connectivity index (χ3v) is 5.81. The Balaban J connectivity index is 1.89. The number of fused-ring (bicyclic) bond motifs is 1.